The average Bonchev–Trinajstić information content (AvgIpc) is 3.10. The standard InChI is InChI=1S/C19H33N5O2S.HI/c1-5-8-20-19(22-14-18(25)23(3)4)21-13-16(17-7-6-15(2)27-17)24-9-11-26-12-10-24;/h6-7,16H,5,8-14H2,1-4H3,(H2,20,21,22);1H. The van der Waals surface area contributed by atoms with Crippen LogP contribution in [0.3, 0.4) is 0 Å². The Bertz CT molecular complexity index is 617. The largest absolute Gasteiger partial charge is 0.379 e. The van der Waals surface area contributed by atoms with Crippen molar-refractivity contribution in [2.75, 3.05) is 60.0 Å². The molecule has 2 heterocycles. The first kappa shape index (κ1) is 25.1. The van der Waals surface area contributed by atoms with Crippen LogP contribution in [0, 0.1) is 6.92 Å². The number of carbonyl (C=O) groups excluding carboxylic acids is 1. The molecule has 1 aliphatic heterocycles. The summed E-state index contributed by atoms with van der Waals surface area (Å²) in [7, 11) is 3.50. The van der Waals surface area contributed by atoms with Crippen LogP contribution in [0.25, 0.3) is 0 Å². The van der Waals surface area contributed by atoms with Gasteiger partial charge in [0.05, 0.1) is 19.3 Å². The van der Waals surface area contributed by atoms with Crippen LogP contribution in [0.15, 0.2) is 17.1 Å². The van der Waals surface area contributed by atoms with Gasteiger partial charge in [-0.05, 0) is 25.5 Å². The number of aryl methyl sites for hydroxylation is 1. The second kappa shape index (κ2) is 13.3. The fraction of sp³-hybridized carbons (Fsp3) is 0.684. The van der Waals surface area contributed by atoms with E-state index in [1.54, 1.807) is 19.0 Å². The first-order chi connectivity index (χ1) is 13.0. The van der Waals surface area contributed by atoms with E-state index >= 15 is 0 Å². The molecule has 1 saturated heterocycles. The Labute approximate surface area is 189 Å². The summed E-state index contributed by atoms with van der Waals surface area (Å²) in [6.07, 6.45) is 0.999. The molecule has 0 spiro atoms. The van der Waals surface area contributed by atoms with E-state index in [9.17, 15) is 4.79 Å². The third kappa shape index (κ3) is 8.22. The summed E-state index contributed by atoms with van der Waals surface area (Å²) < 4.78 is 5.52. The molecule has 1 fully saturated rings. The Morgan fingerprint density at radius 3 is 2.61 bits per heavy atom. The van der Waals surface area contributed by atoms with Gasteiger partial charge in [0.25, 0.3) is 0 Å². The molecule has 0 aliphatic carbocycles. The SMILES string of the molecule is CCCNC(=NCC(=O)N(C)C)NCC(c1ccc(C)s1)N1CCOCC1.I. The number of amides is 1. The minimum atomic E-state index is -0.00814. The lowest BCUT2D eigenvalue weighted by Crippen LogP contribution is -2.46. The first-order valence-corrected chi connectivity index (χ1v) is 10.4. The lowest BCUT2D eigenvalue weighted by atomic mass is 10.2. The number of guanidine groups is 1. The van der Waals surface area contributed by atoms with Crippen LogP contribution < -0.4 is 10.6 Å². The number of halogens is 1. The second-order valence-corrected chi connectivity index (χ2v) is 8.19. The highest BCUT2D eigenvalue weighted by Gasteiger charge is 2.24. The lowest BCUT2D eigenvalue weighted by molar-refractivity contribution is -0.127. The van der Waals surface area contributed by atoms with Crippen molar-refractivity contribution in [2.24, 2.45) is 4.99 Å². The molecule has 7 nitrogen and oxygen atoms in total. The normalized spacial score (nSPS) is 16.2. The van der Waals surface area contributed by atoms with Crippen LogP contribution in [0.1, 0.15) is 29.1 Å². The summed E-state index contributed by atoms with van der Waals surface area (Å²) in [6, 6.07) is 4.66. The smallest absolute Gasteiger partial charge is 0.243 e. The molecule has 1 aromatic heterocycles. The van der Waals surface area contributed by atoms with E-state index in [4.69, 9.17) is 4.74 Å². The summed E-state index contributed by atoms with van der Waals surface area (Å²) in [5, 5.41) is 6.75. The van der Waals surface area contributed by atoms with Gasteiger partial charge in [-0.1, -0.05) is 6.92 Å². The zero-order valence-corrected chi connectivity index (χ0v) is 20.5. The molecule has 1 aliphatic rings. The topological polar surface area (TPSA) is 69.2 Å². The van der Waals surface area contributed by atoms with E-state index in [1.165, 1.54) is 9.75 Å². The van der Waals surface area contributed by atoms with Crippen molar-refractivity contribution in [3.8, 4) is 0 Å². The molecule has 0 saturated carbocycles. The van der Waals surface area contributed by atoms with Crippen molar-refractivity contribution in [1.82, 2.24) is 20.4 Å². The van der Waals surface area contributed by atoms with Crippen molar-refractivity contribution in [3.05, 3.63) is 21.9 Å². The third-order valence-electron chi connectivity index (χ3n) is 4.45. The van der Waals surface area contributed by atoms with Gasteiger partial charge in [0, 0.05) is 50.0 Å². The van der Waals surface area contributed by atoms with Crippen LogP contribution >= 0.6 is 35.3 Å². The molecule has 0 bridgehead atoms. The van der Waals surface area contributed by atoms with E-state index in [-0.39, 0.29) is 42.5 Å². The van der Waals surface area contributed by atoms with Gasteiger partial charge in [0.1, 0.15) is 6.54 Å². The number of likely N-dealkylation sites (N-methyl/N-ethyl adjacent to an activating group) is 1. The van der Waals surface area contributed by atoms with Gasteiger partial charge in [-0.3, -0.25) is 9.69 Å². The van der Waals surface area contributed by atoms with Gasteiger partial charge < -0.3 is 20.3 Å². The molecule has 0 radical (unpaired) electrons. The van der Waals surface area contributed by atoms with Gasteiger partial charge in [0.2, 0.25) is 5.91 Å². The highest BCUT2D eigenvalue weighted by atomic mass is 127. The maximum Gasteiger partial charge on any atom is 0.243 e. The second-order valence-electron chi connectivity index (χ2n) is 6.87. The summed E-state index contributed by atoms with van der Waals surface area (Å²) in [4.78, 5) is 23.0. The van der Waals surface area contributed by atoms with E-state index in [0.717, 1.165) is 45.8 Å². The maximum atomic E-state index is 11.9. The number of hydrogen-bond acceptors (Lipinski definition) is 5. The summed E-state index contributed by atoms with van der Waals surface area (Å²) in [6.45, 7) is 9.36. The number of morpholine rings is 1. The number of nitrogens with zero attached hydrogens (tertiary/aromatic N) is 3. The highest BCUT2D eigenvalue weighted by Crippen LogP contribution is 2.27. The predicted octanol–water partition coefficient (Wildman–Crippen LogP) is 2.08. The van der Waals surface area contributed by atoms with E-state index in [2.05, 4.69) is 46.5 Å². The van der Waals surface area contributed by atoms with Crippen molar-refractivity contribution in [3.63, 3.8) is 0 Å². The Kier molecular flexibility index (Phi) is 12.0. The van der Waals surface area contributed by atoms with Crippen LogP contribution in [0.2, 0.25) is 0 Å². The van der Waals surface area contributed by atoms with Gasteiger partial charge >= 0.3 is 0 Å². The molecule has 2 rings (SSSR count). The Hall–Kier alpha value is -0.910. The number of aliphatic imine (C=N–C) groups is 1. The molecule has 1 amide bonds. The van der Waals surface area contributed by atoms with Gasteiger partial charge in [-0.25, -0.2) is 4.99 Å². The molecule has 1 unspecified atom stereocenters. The Morgan fingerprint density at radius 1 is 1.32 bits per heavy atom. The van der Waals surface area contributed by atoms with Crippen LogP contribution in [-0.2, 0) is 9.53 Å². The summed E-state index contributed by atoms with van der Waals surface area (Å²) in [5.41, 5.74) is 0. The highest BCUT2D eigenvalue weighted by molar-refractivity contribution is 14.0. The molecular weight excluding hydrogens is 489 g/mol. The number of rotatable bonds is 8. The molecule has 0 aromatic carbocycles. The molecule has 9 heteroatoms. The van der Waals surface area contributed by atoms with Crippen LogP contribution in [0.4, 0.5) is 0 Å². The molecular formula is C19H34IN5O2S. The van der Waals surface area contributed by atoms with Crippen molar-refractivity contribution in [2.45, 2.75) is 26.3 Å². The zero-order valence-electron chi connectivity index (χ0n) is 17.4. The average molecular weight is 523 g/mol. The number of ether oxygens (including phenoxy) is 1. The van der Waals surface area contributed by atoms with E-state index in [0.29, 0.717) is 5.96 Å². The number of hydrogen-bond donors (Lipinski definition) is 2. The van der Waals surface area contributed by atoms with E-state index in [1.807, 2.05) is 11.3 Å². The fourth-order valence-corrected chi connectivity index (χ4v) is 3.84. The van der Waals surface area contributed by atoms with E-state index < -0.39 is 0 Å². The van der Waals surface area contributed by atoms with Crippen molar-refractivity contribution in [1.29, 1.82) is 0 Å². The molecule has 28 heavy (non-hydrogen) atoms. The fourth-order valence-electron chi connectivity index (χ4n) is 2.83. The third-order valence-corrected chi connectivity index (χ3v) is 5.55. The zero-order chi connectivity index (χ0) is 19.6. The number of thiophene rings is 1. The van der Waals surface area contributed by atoms with Gasteiger partial charge in [-0.2, -0.15) is 0 Å². The number of nitrogens with one attached hydrogen (secondary N) is 2. The summed E-state index contributed by atoms with van der Waals surface area (Å²) in [5.74, 6) is 0.685. The van der Waals surface area contributed by atoms with Crippen LogP contribution in [0.5, 0.6) is 0 Å². The summed E-state index contributed by atoms with van der Waals surface area (Å²) >= 11 is 1.84. The van der Waals surface area contributed by atoms with Crippen molar-refractivity contribution < 1.29 is 9.53 Å². The maximum absolute atomic E-state index is 11.9. The predicted molar refractivity (Wildman–Crippen MR) is 127 cm³/mol. The number of carbonyl (C=O) groups is 1. The minimum Gasteiger partial charge on any atom is -0.379 e. The first-order valence-electron chi connectivity index (χ1n) is 9.61. The Morgan fingerprint density at radius 2 is 2.04 bits per heavy atom. The minimum absolute atomic E-state index is 0. The van der Waals surface area contributed by atoms with Gasteiger partial charge in [0.15, 0.2) is 5.96 Å². The monoisotopic (exact) mass is 523 g/mol. The van der Waals surface area contributed by atoms with Crippen LogP contribution in [-0.4, -0.2) is 81.7 Å². The lowest BCUT2D eigenvalue weighted by Gasteiger charge is -2.34. The Balaban J connectivity index is 0.00000392. The molecule has 2 N–H and O–H groups in total. The van der Waals surface area contributed by atoms with Crippen molar-refractivity contribution >= 4 is 47.2 Å². The molecule has 160 valence electrons. The van der Waals surface area contributed by atoms with Gasteiger partial charge in [-0.15, -0.1) is 35.3 Å². The quantitative estimate of drug-likeness (QED) is 0.310. The molecule has 1 atom stereocenters. The molecule has 1 aromatic rings.